The molecule has 0 aliphatic rings. The maximum Gasteiger partial charge on any atom is 0.244 e. The molecule has 0 aliphatic heterocycles. The van der Waals surface area contributed by atoms with E-state index >= 15 is 0 Å². The van der Waals surface area contributed by atoms with Gasteiger partial charge in [0.15, 0.2) is 5.82 Å². The van der Waals surface area contributed by atoms with Crippen LogP contribution in [0.4, 0.5) is 17.5 Å². The minimum Gasteiger partial charge on any atom is -0.495 e. The number of nitrogens with one attached hydrogen (secondary N) is 2. The molecule has 6 heteroatoms. The highest BCUT2D eigenvalue weighted by Gasteiger charge is 2.04. The Hall–Kier alpha value is -2.37. The molecule has 6 nitrogen and oxygen atoms in total. The van der Waals surface area contributed by atoms with Gasteiger partial charge in [-0.2, -0.15) is 10.1 Å². The Balaban J connectivity index is 2.14. The number of para-hydroxylation sites is 2. The molecule has 0 bridgehead atoms. The lowest BCUT2D eigenvalue weighted by Crippen LogP contribution is -2.07. The zero-order valence-electron chi connectivity index (χ0n) is 11.1. The monoisotopic (exact) mass is 259 g/mol. The topological polar surface area (TPSA) is 72.0 Å². The average molecular weight is 259 g/mol. The van der Waals surface area contributed by atoms with E-state index in [1.807, 2.05) is 24.3 Å². The first kappa shape index (κ1) is 13.1. The predicted molar refractivity (Wildman–Crippen MR) is 74.9 cm³/mol. The van der Waals surface area contributed by atoms with E-state index in [9.17, 15) is 0 Å². The minimum atomic E-state index is 0.516. The third-order valence-electron chi connectivity index (χ3n) is 2.46. The van der Waals surface area contributed by atoms with Crippen molar-refractivity contribution in [3.8, 4) is 5.75 Å². The third kappa shape index (κ3) is 3.54. The molecule has 1 heterocycles. The van der Waals surface area contributed by atoms with E-state index in [1.54, 1.807) is 13.3 Å². The molecule has 2 aromatic rings. The molecule has 2 N–H and O–H groups in total. The van der Waals surface area contributed by atoms with Crippen LogP contribution in [0.25, 0.3) is 0 Å². The molecule has 0 aliphatic carbocycles. The molecular formula is C13H17N5O. The molecule has 0 atom stereocenters. The Morgan fingerprint density at radius 3 is 2.89 bits per heavy atom. The molecular weight excluding hydrogens is 242 g/mol. The largest absolute Gasteiger partial charge is 0.495 e. The van der Waals surface area contributed by atoms with E-state index in [2.05, 4.69) is 32.7 Å². The van der Waals surface area contributed by atoms with Gasteiger partial charge in [0.2, 0.25) is 5.95 Å². The Morgan fingerprint density at radius 1 is 1.26 bits per heavy atom. The maximum absolute atomic E-state index is 5.27. The van der Waals surface area contributed by atoms with Crippen LogP contribution in [0.1, 0.15) is 13.3 Å². The van der Waals surface area contributed by atoms with E-state index in [4.69, 9.17) is 4.74 Å². The van der Waals surface area contributed by atoms with Crippen LogP contribution < -0.4 is 15.4 Å². The average Bonchev–Trinajstić information content (AvgIpc) is 2.46. The molecule has 1 aromatic heterocycles. The van der Waals surface area contributed by atoms with Gasteiger partial charge in [-0.1, -0.05) is 19.1 Å². The SMILES string of the molecule is CCCNc1nncc(Nc2ccccc2OC)n1. The van der Waals surface area contributed by atoms with E-state index in [1.165, 1.54) is 0 Å². The number of anilines is 3. The number of hydrogen-bond acceptors (Lipinski definition) is 6. The third-order valence-corrected chi connectivity index (χ3v) is 2.46. The lowest BCUT2D eigenvalue weighted by molar-refractivity contribution is 0.417. The summed E-state index contributed by atoms with van der Waals surface area (Å²) in [5.74, 6) is 1.89. The van der Waals surface area contributed by atoms with Gasteiger partial charge in [0, 0.05) is 6.54 Å². The van der Waals surface area contributed by atoms with E-state index < -0.39 is 0 Å². The zero-order valence-corrected chi connectivity index (χ0v) is 11.1. The Labute approximate surface area is 112 Å². The van der Waals surface area contributed by atoms with Crippen molar-refractivity contribution in [1.29, 1.82) is 0 Å². The summed E-state index contributed by atoms with van der Waals surface area (Å²) in [6, 6.07) is 7.64. The minimum absolute atomic E-state index is 0.516. The van der Waals surface area contributed by atoms with Crippen LogP contribution in [-0.4, -0.2) is 28.8 Å². The van der Waals surface area contributed by atoms with Crippen molar-refractivity contribution >= 4 is 17.5 Å². The van der Waals surface area contributed by atoms with E-state index in [0.717, 1.165) is 24.4 Å². The van der Waals surface area contributed by atoms with Crippen molar-refractivity contribution in [1.82, 2.24) is 15.2 Å². The van der Waals surface area contributed by atoms with Crippen LogP contribution in [0.2, 0.25) is 0 Å². The number of aromatic nitrogens is 3. The zero-order chi connectivity index (χ0) is 13.5. The summed E-state index contributed by atoms with van der Waals surface area (Å²) < 4.78 is 5.27. The summed E-state index contributed by atoms with van der Waals surface area (Å²) in [5.41, 5.74) is 0.840. The summed E-state index contributed by atoms with van der Waals surface area (Å²) in [5, 5.41) is 14.1. The fraction of sp³-hybridized carbons (Fsp3) is 0.308. The molecule has 0 fully saturated rings. The Kier molecular flexibility index (Phi) is 4.49. The summed E-state index contributed by atoms with van der Waals surface area (Å²) in [6.07, 6.45) is 2.58. The Bertz CT molecular complexity index is 532. The van der Waals surface area contributed by atoms with Gasteiger partial charge in [-0.25, -0.2) is 0 Å². The highest BCUT2D eigenvalue weighted by molar-refractivity contribution is 5.63. The van der Waals surface area contributed by atoms with E-state index in [0.29, 0.717) is 11.8 Å². The normalized spacial score (nSPS) is 10.0. The lowest BCUT2D eigenvalue weighted by Gasteiger charge is -2.10. The number of hydrogen-bond donors (Lipinski definition) is 2. The van der Waals surface area contributed by atoms with Crippen LogP contribution in [-0.2, 0) is 0 Å². The fourth-order valence-electron chi connectivity index (χ4n) is 1.56. The maximum atomic E-state index is 5.27. The van der Waals surface area contributed by atoms with Crippen molar-refractivity contribution in [2.45, 2.75) is 13.3 Å². The van der Waals surface area contributed by atoms with Gasteiger partial charge >= 0.3 is 0 Å². The van der Waals surface area contributed by atoms with Crippen molar-refractivity contribution in [2.75, 3.05) is 24.3 Å². The van der Waals surface area contributed by atoms with Gasteiger partial charge in [0.05, 0.1) is 19.0 Å². The van der Waals surface area contributed by atoms with Crippen LogP contribution >= 0.6 is 0 Å². The second-order valence-corrected chi connectivity index (χ2v) is 3.92. The van der Waals surface area contributed by atoms with Gasteiger partial charge in [0.25, 0.3) is 0 Å². The molecule has 100 valence electrons. The fourth-order valence-corrected chi connectivity index (χ4v) is 1.56. The van der Waals surface area contributed by atoms with Gasteiger partial charge in [-0.05, 0) is 18.6 Å². The second kappa shape index (κ2) is 6.53. The molecule has 0 spiro atoms. The first-order valence-electron chi connectivity index (χ1n) is 6.17. The van der Waals surface area contributed by atoms with Crippen molar-refractivity contribution in [3.63, 3.8) is 0 Å². The summed E-state index contributed by atoms with van der Waals surface area (Å²) >= 11 is 0. The first-order valence-corrected chi connectivity index (χ1v) is 6.17. The van der Waals surface area contributed by atoms with Crippen LogP contribution in [0, 0.1) is 0 Å². The number of ether oxygens (including phenoxy) is 1. The Morgan fingerprint density at radius 2 is 2.11 bits per heavy atom. The van der Waals surface area contributed by atoms with Gasteiger partial charge in [-0.15, -0.1) is 5.10 Å². The molecule has 0 unspecified atom stereocenters. The number of methoxy groups -OCH3 is 1. The second-order valence-electron chi connectivity index (χ2n) is 3.92. The quantitative estimate of drug-likeness (QED) is 0.830. The van der Waals surface area contributed by atoms with Crippen molar-refractivity contribution < 1.29 is 4.74 Å². The van der Waals surface area contributed by atoms with Crippen LogP contribution in [0.3, 0.4) is 0 Å². The van der Waals surface area contributed by atoms with Crippen molar-refractivity contribution in [3.05, 3.63) is 30.5 Å². The molecule has 0 saturated heterocycles. The molecule has 0 amide bonds. The lowest BCUT2D eigenvalue weighted by atomic mass is 10.3. The summed E-state index contributed by atoms with van der Waals surface area (Å²) in [4.78, 5) is 4.33. The number of benzene rings is 1. The smallest absolute Gasteiger partial charge is 0.244 e. The number of nitrogens with zero attached hydrogens (tertiary/aromatic N) is 3. The first-order chi connectivity index (χ1) is 9.33. The van der Waals surface area contributed by atoms with Gasteiger partial charge < -0.3 is 15.4 Å². The van der Waals surface area contributed by atoms with E-state index in [-0.39, 0.29) is 0 Å². The predicted octanol–water partition coefficient (Wildman–Crippen LogP) is 2.45. The molecule has 2 rings (SSSR count). The summed E-state index contributed by atoms with van der Waals surface area (Å²) in [7, 11) is 1.63. The highest BCUT2D eigenvalue weighted by Crippen LogP contribution is 2.25. The van der Waals surface area contributed by atoms with Crippen LogP contribution in [0.15, 0.2) is 30.5 Å². The van der Waals surface area contributed by atoms with Gasteiger partial charge in [0.1, 0.15) is 5.75 Å². The molecule has 1 aromatic carbocycles. The van der Waals surface area contributed by atoms with Crippen LogP contribution in [0.5, 0.6) is 5.75 Å². The molecule has 0 saturated carbocycles. The standard InChI is InChI=1S/C13H17N5O/c1-3-8-14-13-17-12(9-15-18-13)16-10-6-4-5-7-11(10)19-2/h4-7,9H,3,8H2,1-2H3,(H2,14,16,17,18). The molecule has 0 radical (unpaired) electrons. The highest BCUT2D eigenvalue weighted by atomic mass is 16.5. The molecule has 19 heavy (non-hydrogen) atoms. The summed E-state index contributed by atoms with van der Waals surface area (Å²) in [6.45, 7) is 2.90. The van der Waals surface area contributed by atoms with Gasteiger partial charge in [-0.3, -0.25) is 0 Å². The number of rotatable bonds is 6. The van der Waals surface area contributed by atoms with Crippen molar-refractivity contribution in [2.24, 2.45) is 0 Å².